The van der Waals surface area contributed by atoms with Gasteiger partial charge in [0, 0.05) is 17.8 Å². The molecule has 0 amide bonds. The summed E-state index contributed by atoms with van der Waals surface area (Å²) in [7, 11) is 0. The highest BCUT2D eigenvalue weighted by Gasteiger charge is 1.97. The van der Waals surface area contributed by atoms with Crippen LogP contribution in [-0.4, -0.2) is 10.1 Å². The number of rotatable bonds is 1. The van der Waals surface area contributed by atoms with Crippen molar-refractivity contribution in [2.75, 3.05) is 0 Å². The van der Waals surface area contributed by atoms with Crippen molar-refractivity contribution in [2.24, 2.45) is 0 Å². The molecule has 0 saturated carbocycles. The maximum atomic E-state index is 9.23. The lowest BCUT2D eigenvalue weighted by atomic mass is 10.1. The van der Waals surface area contributed by atoms with Gasteiger partial charge < -0.3 is 5.11 Å². The van der Waals surface area contributed by atoms with E-state index in [0.717, 1.165) is 11.3 Å². The van der Waals surface area contributed by atoms with Gasteiger partial charge in [0.15, 0.2) is 0 Å². The molecule has 0 bridgehead atoms. The topological polar surface area (TPSA) is 33.1 Å². The normalized spacial score (nSPS) is 9.85. The van der Waals surface area contributed by atoms with E-state index >= 15 is 0 Å². The van der Waals surface area contributed by atoms with Crippen LogP contribution in [-0.2, 0) is 0 Å². The van der Waals surface area contributed by atoms with E-state index in [1.165, 1.54) is 0 Å². The van der Waals surface area contributed by atoms with Gasteiger partial charge in [0.25, 0.3) is 0 Å². The highest BCUT2D eigenvalue weighted by atomic mass is 16.3. The van der Waals surface area contributed by atoms with Crippen LogP contribution in [0.3, 0.4) is 0 Å². The summed E-state index contributed by atoms with van der Waals surface area (Å²) in [5.41, 5.74) is 1.62. The van der Waals surface area contributed by atoms with Crippen molar-refractivity contribution in [2.45, 2.75) is 0 Å². The Labute approximate surface area is 76.5 Å². The molecule has 0 aliphatic rings. The van der Waals surface area contributed by atoms with Crippen LogP contribution in [0.2, 0.25) is 0 Å². The fourth-order valence-corrected chi connectivity index (χ4v) is 1.14. The van der Waals surface area contributed by atoms with Crippen LogP contribution in [0.5, 0.6) is 5.75 Å². The summed E-state index contributed by atoms with van der Waals surface area (Å²) in [6.45, 7) is 0. The monoisotopic (exact) mass is 170 g/mol. The van der Waals surface area contributed by atoms with E-state index in [1.54, 1.807) is 30.5 Å². The highest BCUT2D eigenvalue weighted by molar-refractivity contribution is 5.59. The van der Waals surface area contributed by atoms with Gasteiger partial charge in [-0.1, -0.05) is 18.2 Å². The van der Waals surface area contributed by atoms with E-state index < -0.39 is 0 Å². The summed E-state index contributed by atoms with van der Waals surface area (Å²) in [6, 6.07) is 13.6. The predicted molar refractivity (Wildman–Crippen MR) is 50.2 cm³/mol. The molecule has 0 atom stereocenters. The average molecular weight is 170 g/mol. The first-order chi connectivity index (χ1) is 6.36. The number of hydrogen-bond acceptors (Lipinski definition) is 2. The molecule has 0 saturated heterocycles. The van der Waals surface area contributed by atoms with Gasteiger partial charge in [0.05, 0.1) is 5.69 Å². The minimum Gasteiger partial charge on any atom is -0.508 e. The molecule has 0 unspecified atom stereocenters. The van der Waals surface area contributed by atoms with Crippen LogP contribution in [0, 0.1) is 6.07 Å². The highest BCUT2D eigenvalue weighted by Crippen LogP contribution is 2.19. The van der Waals surface area contributed by atoms with Gasteiger partial charge in [-0.2, -0.15) is 0 Å². The van der Waals surface area contributed by atoms with Gasteiger partial charge in [-0.25, -0.2) is 0 Å². The van der Waals surface area contributed by atoms with Crippen LogP contribution in [0.25, 0.3) is 11.3 Å². The first-order valence-corrected chi connectivity index (χ1v) is 3.98. The smallest absolute Gasteiger partial charge is 0.116 e. The van der Waals surface area contributed by atoms with Gasteiger partial charge in [0.2, 0.25) is 0 Å². The SMILES string of the molecule is Oc1cccc(-c2[c]cccn2)c1. The second-order valence-corrected chi connectivity index (χ2v) is 2.68. The molecular weight excluding hydrogens is 162 g/mol. The molecule has 1 aromatic carbocycles. The second kappa shape index (κ2) is 3.27. The Bertz CT molecular complexity index is 398. The third-order valence-corrected chi connectivity index (χ3v) is 1.73. The Morgan fingerprint density at radius 3 is 2.85 bits per heavy atom. The zero-order valence-electron chi connectivity index (χ0n) is 6.94. The van der Waals surface area contributed by atoms with Crippen molar-refractivity contribution in [3.05, 3.63) is 48.7 Å². The van der Waals surface area contributed by atoms with E-state index in [1.807, 2.05) is 12.1 Å². The number of phenolic OH excluding ortho intramolecular Hbond substituents is 1. The van der Waals surface area contributed by atoms with E-state index in [-0.39, 0.29) is 5.75 Å². The molecule has 2 aromatic rings. The molecule has 0 aliphatic heterocycles. The number of pyridine rings is 1. The molecule has 13 heavy (non-hydrogen) atoms. The van der Waals surface area contributed by atoms with Crippen LogP contribution < -0.4 is 0 Å². The summed E-state index contributed by atoms with van der Waals surface area (Å²) >= 11 is 0. The Morgan fingerprint density at radius 1 is 1.23 bits per heavy atom. The predicted octanol–water partition coefficient (Wildman–Crippen LogP) is 2.25. The van der Waals surface area contributed by atoms with Crippen molar-refractivity contribution in [3.63, 3.8) is 0 Å². The zero-order valence-corrected chi connectivity index (χ0v) is 6.94. The van der Waals surface area contributed by atoms with Crippen LogP contribution >= 0.6 is 0 Å². The molecule has 2 nitrogen and oxygen atoms in total. The fourth-order valence-electron chi connectivity index (χ4n) is 1.14. The van der Waals surface area contributed by atoms with Gasteiger partial charge in [-0.15, -0.1) is 0 Å². The fraction of sp³-hybridized carbons (Fsp3) is 0. The molecular formula is C11H8NO. The average Bonchev–Trinajstić information content (AvgIpc) is 2.19. The number of aromatic nitrogens is 1. The summed E-state index contributed by atoms with van der Waals surface area (Å²) in [5.74, 6) is 0.247. The number of aromatic hydroxyl groups is 1. The molecule has 2 rings (SSSR count). The molecule has 2 heteroatoms. The lowest BCUT2D eigenvalue weighted by Crippen LogP contribution is -1.80. The maximum absolute atomic E-state index is 9.23. The molecule has 1 radical (unpaired) electrons. The third-order valence-electron chi connectivity index (χ3n) is 1.73. The van der Waals surface area contributed by atoms with Crippen molar-refractivity contribution >= 4 is 0 Å². The largest absolute Gasteiger partial charge is 0.508 e. The van der Waals surface area contributed by atoms with Crippen molar-refractivity contribution in [1.82, 2.24) is 4.98 Å². The molecule has 1 N–H and O–H groups in total. The van der Waals surface area contributed by atoms with Gasteiger partial charge in [-0.05, 0) is 18.2 Å². The van der Waals surface area contributed by atoms with E-state index in [2.05, 4.69) is 11.1 Å². The summed E-state index contributed by atoms with van der Waals surface area (Å²) in [6.07, 6.45) is 1.70. The summed E-state index contributed by atoms with van der Waals surface area (Å²) < 4.78 is 0. The standard InChI is InChI=1S/C11H8NO/c13-10-5-3-4-9(8-10)11-6-1-2-7-12-11/h1-5,7-8,13H. The molecule has 0 fully saturated rings. The summed E-state index contributed by atoms with van der Waals surface area (Å²) in [4.78, 5) is 4.12. The second-order valence-electron chi connectivity index (χ2n) is 2.68. The molecule has 63 valence electrons. The van der Waals surface area contributed by atoms with Crippen molar-refractivity contribution in [3.8, 4) is 17.0 Å². The Balaban J connectivity index is 2.48. The van der Waals surface area contributed by atoms with Gasteiger partial charge >= 0.3 is 0 Å². The minimum atomic E-state index is 0.247. The van der Waals surface area contributed by atoms with E-state index in [0.29, 0.717) is 0 Å². The van der Waals surface area contributed by atoms with Gasteiger partial charge in [-0.3, -0.25) is 4.98 Å². The quantitative estimate of drug-likeness (QED) is 0.712. The zero-order chi connectivity index (χ0) is 9.10. The molecule has 1 heterocycles. The minimum absolute atomic E-state index is 0.247. The first kappa shape index (κ1) is 7.80. The first-order valence-electron chi connectivity index (χ1n) is 3.98. The Kier molecular flexibility index (Phi) is 1.96. The van der Waals surface area contributed by atoms with E-state index in [9.17, 15) is 5.11 Å². The number of hydrogen-bond donors (Lipinski definition) is 1. The Morgan fingerprint density at radius 2 is 2.15 bits per heavy atom. The van der Waals surface area contributed by atoms with E-state index in [4.69, 9.17) is 0 Å². The molecule has 0 spiro atoms. The van der Waals surface area contributed by atoms with Crippen LogP contribution in [0.4, 0.5) is 0 Å². The van der Waals surface area contributed by atoms with Crippen molar-refractivity contribution in [1.29, 1.82) is 0 Å². The molecule has 0 aliphatic carbocycles. The third kappa shape index (κ3) is 1.67. The molecule has 1 aromatic heterocycles. The van der Waals surface area contributed by atoms with Crippen molar-refractivity contribution < 1.29 is 5.11 Å². The maximum Gasteiger partial charge on any atom is 0.116 e. The number of phenols is 1. The van der Waals surface area contributed by atoms with Crippen LogP contribution in [0.15, 0.2) is 42.6 Å². The lowest BCUT2D eigenvalue weighted by molar-refractivity contribution is 0.475. The Hall–Kier alpha value is -1.83. The summed E-state index contributed by atoms with van der Waals surface area (Å²) in [5, 5.41) is 9.23. The van der Waals surface area contributed by atoms with Crippen LogP contribution in [0.1, 0.15) is 0 Å². The lowest BCUT2D eigenvalue weighted by Gasteiger charge is -1.99. The number of benzene rings is 1. The van der Waals surface area contributed by atoms with Gasteiger partial charge in [0.1, 0.15) is 5.75 Å². The number of nitrogens with zero attached hydrogens (tertiary/aromatic N) is 1.